The van der Waals surface area contributed by atoms with Crippen molar-refractivity contribution in [2.75, 3.05) is 0 Å². The highest BCUT2D eigenvalue weighted by Crippen LogP contribution is 2.41. The summed E-state index contributed by atoms with van der Waals surface area (Å²) in [5.41, 5.74) is 0.0412. The Labute approximate surface area is 146 Å². The minimum Gasteiger partial charge on any atom is -0.207 e. The third-order valence-corrected chi connectivity index (χ3v) is 6.40. The van der Waals surface area contributed by atoms with Crippen LogP contribution in [0.4, 0.5) is 0 Å². The average Bonchev–Trinajstić information content (AvgIpc) is 2.39. The van der Waals surface area contributed by atoms with Crippen molar-refractivity contribution in [1.82, 2.24) is 0 Å². The van der Waals surface area contributed by atoms with E-state index in [2.05, 4.69) is 0 Å². The standard InChI is InChI=1S/C12H6Cl4O4S2/c13-9-6-5-8(12(11(9)14)22(16,19)20)7-3-1-2-4-10(7)21(15,17)18/h1-6H. The molecule has 0 spiro atoms. The molecule has 0 fully saturated rings. The summed E-state index contributed by atoms with van der Waals surface area (Å²) in [7, 11) is 2.40. The lowest BCUT2D eigenvalue weighted by atomic mass is 10.1. The summed E-state index contributed by atoms with van der Waals surface area (Å²) in [6, 6.07) is 8.25. The molecule has 118 valence electrons. The first-order chi connectivity index (χ1) is 10.0. The lowest BCUT2D eigenvalue weighted by Gasteiger charge is -2.12. The van der Waals surface area contributed by atoms with Crippen molar-refractivity contribution in [3.63, 3.8) is 0 Å². The van der Waals surface area contributed by atoms with Gasteiger partial charge in [-0.1, -0.05) is 47.5 Å². The highest BCUT2D eigenvalue weighted by atomic mass is 35.7. The van der Waals surface area contributed by atoms with Crippen LogP contribution in [0.1, 0.15) is 0 Å². The highest BCUT2D eigenvalue weighted by Gasteiger charge is 2.26. The van der Waals surface area contributed by atoms with Crippen LogP contribution in [0.2, 0.25) is 10.0 Å². The summed E-state index contributed by atoms with van der Waals surface area (Å²) in [6.07, 6.45) is 0. The van der Waals surface area contributed by atoms with Crippen molar-refractivity contribution in [2.24, 2.45) is 0 Å². The molecule has 22 heavy (non-hydrogen) atoms. The van der Waals surface area contributed by atoms with E-state index in [0.717, 1.165) is 0 Å². The molecule has 2 rings (SSSR count). The topological polar surface area (TPSA) is 68.3 Å². The van der Waals surface area contributed by atoms with Gasteiger partial charge in [-0.25, -0.2) is 16.8 Å². The summed E-state index contributed by atoms with van der Waals surface area (Å²) < 4.78 is 46.9. The van der Waals surface area contributed by atoms with Gasteiger partial charge in [0.25, 0.3) is 18.1 Å². The van der Waals surface area contributed by atoms with Crippen LogP contribution in [0.5, 0.6) is 0 Å². The lowest BCUT2D eigenvalue weighted by Crippen LogP contribution is -2.00. The van der Waals surface area contributed by atoms with E-state index in [9.17, 15) is 16.8 Å². The molecular weight excluding hydrogens is 414 g/mol. The van der Waals surface area contributed by atoms with Crippen LogP contribution < -0.4 is 0 Å². The van der Waals surface area contributed by atoms with Crippen LogP contribution >= 0.6 is 44.6 Å². The minimum atomic E-state index is -4.28. The second kappa shape index (κ2) is 6.19. The van der Waals surface area contributed by atoms with Crippen LogP contribution in [0, 0.1) is 0 Å². The Morgan fingerprint density at radius 3 is 1.86 bits per heavy atom. The number of halogens is 4. The van der Waals surface area contributed by atoms with Crippen molar-refractivity contribution < 1.29 is 16.8 Å². The molecule has 0 amide bonds. The molecule has 0 unspecified atom stereocenters. The largest absolute Gasteiger partial charge is 0.263 e. The summed E-state index contributed by atoms with van der Waals surface area (Å²) in [5, 5.41) is -0.327. The molecule has 0 aromatic heterocycles. The molecule has 0 bridgehead atoms. The quantitative estimate of drug-likeness (QED) is 0.686. The first-order valence-electron chi connectivity index (χ1n) is 5.50. The molecule has 0 heterocycles. The smallest absolute Gasteiger partial charge is 0.207 e. The van der Waals surface area contributed by atoms with Gasteiger partial charge in [0.1, 0.15) is 4.90 Å². The maximum absolute atomic E-state index is 11.8. The average molecular weight is 420 g/mol. The van der Waals surface area contributed by atoms with E-state index < -0.39 is 23.0 Å². The molecule has 10 heteroatoms. The van der Waals surface area contributed by atoms with Gasteiger partial charge in [-0.15, -0.1) is 0 Å². The van der Waals surface area contributed by atoms with E-state index in [-0.39, 0.29) is 26.1 Å². The molecule has 0 saturated heterocycles. The SMILES string of the molecule is O=S(=O)(Cl)c1ccccc1-c1ccc(Cl)c(Cl)c1S(=O)(=O)Cl. The second-order valence-corrected chi connectivity index (χ2v) is 9.93. The number of hydrogen-bond donors (Lipinski definition) is 0. The van der Waals surface area contributed by atoms with E-state index in [0.29, 0.717) is 0 Å². The van der Waals surface area contributed by atoms with Gasteiger partial charge >= 0.3 is 0 Å². The van der Waals surface area contributed by atoms with Crippen molar-refractivity contribution in [1.29, 1.82) is 0 Å². The lowest BCUT2D eigenvalue weighted by molar-refractivity contribution is 0.607. The molecule has 0 aliphatic heterocycles. The third kappa shape index (κ3) is 3.53. The predicted octanol–water partition coefficient (Wildman–Crippen LogP) is 4.52. The Morgan fingerprint density at radius 1 is 0.727 bits per heavy atom. The van der Waals surface area contributed by atoms with E-state index in [1.807, 2.05) is 0 Å². The van der Waals surface area contributed by atoms with Gasteiger partial charge in [-0.3, -0.25) is 0 Å². The third-order valence-electron chi connectivity index (χ3n) is 2.73. The van der Waals surface area contributed by atoms with Gasteiger partial charge in [0.15, 0.2) is 0 Å². The zero-order valence-electron chi connectivity index (χ0n) is 10.4. The van der Waals surface area contributed by atoms with Crippen LogP contribution in [0.3, 0.4) is 0 Å². The molecule has 0 N–H and O–H groups in total. The fraction of sp³-hybridized carbons (Fsp3) is 0. The predicted molar refractivity (Wildman–Crippen MR) is 88.0 cm³/mol. The van der Waals surface area contributed by atoms with E-state index >= 15 is 0 Å². The Balaban J connectivity index is 2.96. The minimum absolute atomic E-state index is 0.00998. The maximum Gasteiger partial charge on any atom is 0.263 e. The number of benzene rings is 2. The van der Waals surface area contributed by atoms with Crippen molar-refractivity contribution in [3.8, 4) is 11.1 Å². The number of hydrogen-bond acceptors (Lipinski definition) is 4. The number of rotatable bonds is 3. The first kappa shape index (κ1) is 17.8. The Bertz CT molecular complexity index is 953. The van der Waals surface area contributed by atoms with Crippen molar-refractivity contribution in [3.05, 3.63) is 46.4 Å². The maximum atomic E-state index is 11.8. The highest BCUT2D eigenvalue weighted by molar-refractivity contribution is 8.14. The molecule has 0 radical (unpaired) electrons. The molecule has 2 aromatic rings. The Morgan fingerprint density at radius 2 is 1.32 bits per heavy atom. The summed E-state index contributed by atoms with van der Waals surface area (Å²) in [4.78, 5) is -0.743. The first-order valence-corrected chi connectivity index (χ1v) is 10.9. The summed E-state index contributed by atoms with van der Waals surface area (Å²) in [6.45, 7) is 0. The van der Waals surface area contributed by atoms with Crippen LogP contribution in [0.25, 0.3) is 11.1 Å². The molecule has 0 aliphatic carbocycles. The van der Waals surface area contributed by atoms with Crippen LogP contribution in [-0.2, 0) is 18.1 Å². The fourth-order valence-electron chi connectivity index (χ4n) is 1.88. The van der Waals surface area contributed by atoms with E-state index in [1.165, 1.54) is 36.4 Å². The van der Waals surface area contributed by atoms with Gasteiger partial charge < -0.3 is 0 Å². The normalized spacial score (nSPS) is 12.4. The van der Waals surface area contributed by atoms with Gasteiger partial charge in [-0.2, -0.15) is 0 Å². The molecule has 0 atom stereocenters. The van der Waals surface area contributed by atoms with Gasteiger partial charge in [0.2, 0.25) is 0 Å². The van der Waals surface area contributed by atoms with Crippen LogP contribution in [-0.4, -0.2) is 16.8 Å². The molecule has 2 aromatic carbocycles. The molecule has 4 nitrogen and oxygen atoms in total. The zero-order chi connectivity index (χ0) is 16.7. The summed E-state index contributed by atoms with van der Waals surface area (Å²) >= 11 is 11.7. The van der Waals surface area contributed by atoms with Crippen molar-refractivity contribution in [2.45, 2.75) is 9.79 Å². The monoisotopic (exact) mass is 418 g/mol. The molecule has 0 aliphatic rings. The molecule has 0 saturated carbocycles. The fourth-order valence-corrected chi connectivity index (χ4v) is 5.02. The molecular formula is C12H6Cl4O4S2. The van der Waals surface area contributed by atoms with E-state index in [1.54, 1.807) is 0 Å². The Hall–Kier alpha value is -0.500. The van der Waals surface area contributed by atoms with Crippen molar-refractivity contribution >= 4 is 62.7 Å². The Kier molecular flexibility index (Phi) is 5.02. The summed E-state index contributed by atoms with van der Waals surface area (Å²) in [5.74, 6) is 0. The van der Waals surface area contributed by atoms with E-state index in [4.69, 9.17) is 44.6 Å². The van der Waals surface area contributed by atoms with Gasteiger partial charge in [0.05, 0.1) is 14.9 Å². The van der Waals surface area contributed by atoms with Gasteiger partial charge in [0, 0.05) is 32.5 Å². The second-order valence-electron chi connectivity index (χ2n) is 4.11. The zero-order valence-corrected chi connectivity index (χ0v) is 15.1. The van der Waals surface area contributed by atoms with Gasteiger partial charge in [-0.05, 0) is 12.1 Å². The van der Waals surface area contributed by atoms with Crippen LogP contribution in [0.15, 0.2) is 46.2 Å².